The van der Waals surface area contributed by atoms with E-state index in [0.717, 1.165) is 42.2 Å². The van der Waals surface area contributed by atoms with Gasteiger partial charge in [0.2, 0.25) is 0 Å². The number of ether oxygens (including phenoxy) is 1. The van der Waals surface area contributed by atoms with Gasteiger partial charge in [-0.1, -0.05) is 38.1 Å². The minimum atomic E-state index is -0.316. The number of fused-ring (bicyclic) bond motifs is 1. The van der Waals surface area contributed by atoms with Crippen LogP contribution < -0.4 is 26.0 Å². The number of hydrogen-bond acceptors (Lipinski definition) is 6. The van der Waals surface area contributed by atoms with E-state index in [0.29, 0.717) is 35.6 Å². The van der Waals surface area contributed by atoms with Crippen molar-refractivity contribution in [3.05, 3.63) is 77.5 Å². The number of rotatable bonds is 9. The molecular formula is C30H34N5O2. The Hall–Kier alpha value is -3.84. The molecule has 0 aliphatic carbocycles. The number of nitrogens with zero attached hydrogens (tertiary/aromatic N) is 2. The third kappa shape index (κ3) is 6.12. The molecular weight excluding hydrogens is 462 g/mol. The molecule has 0 spiro atoms. The van der Waals surface area contributed by atoms with E-state index in [1.165, 1.54) is 24.6 Å². The molecule has 0 atom stereocenters. The number of carbonyl (C=O) groups excluding carboxylic acids is 1. The second-order valence-corrected chi connectivity index (χ2v) is 9.99. The SMILES string of the molecule is CC(C)CCOc1ccccc1Nc1nc(Nc2ccc(C3CCNCC3)cc2)cc2c1C(=O)[N]C=C2. The van der Waals surface area contributed by atoms with Crippen molar-refractivity contribution in [1.29, 1.82) is 0 Å². The molecule has 7 heteroatoms. The van der Waals surface area contributed by atoms with E-state index in [4.69, 9.17) is 9.72 Å². The summed E-state index contributed by atoms with van der Waals surface area (Å²) in [5.74, 6) is 2.66. The summed E-state index contributed by atoms with van der Waals surface area (Å²) in [6, 6.07) is 18.2. The lowest BCUT2D eigenvalue weighted by molar-refractivity contribution is 0.0965. The largest absolute Gasteiger partial charge is 0.491 e. The van der Waals surface area contributed by atoms with E-state index >= 15 is 0 Å². The Labute approximate surface area is 218 Å². The van der Waals surface area contributed by atoms with E-state index in [1.807, 2.05) is 36.4 Å². The summed E-state index contributed by atoms with van der Waals surface area (Å²) in [5, 5.41) is 14.2. The van der Waals surface area contributed by atoms with Gasteiger partial charge in [0.15, 0.2) is 0 Å². The van der Waals surface area contributed by atoms with Crippen LogP contribution in [-0.4, -0.2) is 30.6 Å². The molecule has 1 fully saturated rings. The van der Waals surface area contributed by atoms with Crippen molar-refractivity contribution in [3.8, 4) is 5.75 Å². The molecule has 1 amide bonds. The second-order valence-electron chi connectivity index (χ2n) is 9.99. The molecule has 0 bridgehead atoms. The van der Waals surface area contributed by atoms with E-state index in [1.54, 1.807) is 0 Å². The highest BCUT2D eigenvalue weighted by Crippen LogP contribution is 2.33. The Morgan fingerprint density at radius 3 is 2.62 bits per heavy atom. The predicted molar refractivity (Wildman–Crippen MR) is 149 cm³/mol. The summed E-state index contributed by atoms with van der Waals surface area (Å²) < 4.78 is 6.05. The lowest BCUT2D eigenvalue weighted by Crippen LogP contribution is -2.26. The second kappa shape index (κ2) is 11.5. The molecule has 191 valence electrons. The number of nitrogens with one attached hydrogen (secondary N) is 3. The number of hydrogen-bond donors (Lipinski definition) is 3. The molecule has 0 unspecified atom stereocenters. The number of amides is 1. The zero-order valence-corrected chi connectivity index (χ0v) is 21.5. The lowest BCUT2D eigenvalue weighted by Gasteiger charge is -2.23. The molecule has 1 saturated heterocycles. The summed E-state index contributed by atoms with van der Waals surface area (Å²) in [6.07, 6.45) is 6.67. The van der Waals surface area contributed by atoms with Gasteiger partial charge in [-0.2, -0.15) is 0 Å². The van der Waals surface area contributed by atoms with Crippen LogP contribution in [0.5, 0.6) is 5.75 Å². The number of aromatic nitrogens is 1. The van der Waals surface area contributed by atoms with E-state index in [-0.39, 0.29) is 5.91 Å². The summed E-state index contributed by atoms with van der Waals surface area (Å²) >= 11 is 0. The van der Waals surface area contributed by atoms with Gasteiger partial charge in [-0.15, -0.1) is 0 Å². The van der Waals surface area contributed by atoms with Crippen LogP contribution in [0, 0.1) is 5.92 Å². The predicted octanol–water partition coefficient (Wildman–Crippen LogP) is 6.19. The molecule has 7 nitrogen and oxygen atoms in total. The van der Waals surface area contributed by atoms with Crippen molar-refractivity contribution in [2.75, 3.05) is 30.3 Å². The Morgan fingerprint density at radius 2 is 1.84 bits per heavy atom. The first kappa shape index (κ1) is 24.8. The molecule has 2 aliphatic heterocycles. The van der Waals surface area contributed by atoms with Gasteiger partial charge in [0.25, 0.3) is 5.91 Å². The normalized spacial score (nSPS) is 15.3. The summed E-state index contributed by atoms with van der Waals surface area (Å²) in [6.45, 7) is 7.11. The first-order valence-electron chi connectivity index (χ1n) is 13.1. The average molecular weight is 497 g/mol. The Balaban J connectivity index is 1.40. The van der Waals surface area contributed by atoms with Crippen molar-refractivity contribution >= 4 is 35.0 Å². The average Bonchev–Trinajstić information content (AvgIpc) is 2.90. The number of para-hydroxylation sites is 2. The highest BCUT2D eigenvalue weighted by atomic mass is 16.5. The van der Waals surface area contributed by atoms with Crippen LogP contribution in [0.25, 0.3) is 6.08 Å². The number of carbonyl (C=O) groups is 1. The van der Waals surface area contributed by atoms with E-state index in [2.05, 4.69) is 59.4 Å². The maximum atomic E-state index is 12.7. The number of pyridine rings is 1. The van der Waals surface area contributed by atoms with Gasteiger partial charge in [-0.05, 0) is 91.7 Å². The van der Waals surface area contributed by atoms with Crippen LogP contribution in [-0.2, 0) is 0 Å². The highest BCUT2D eigenvalue weighted by molar-refractivity contribution is 6.05. The fourth-order valence-corrected chi connectivity index (χ4v) is 4.69. The van der Waals surface area contributed by atoms with Crippen LogP contribution >= 0.6 is 0 Å². The van der Waals surface area contributed by atoms with Crippen LogP contribution in [0.15, 0.2) is 60.8 Å². The van der Waals surface area contributed by atoms with Gasteiger partial charge in [0.05, 0.1) is 17.9 Å². The first-order chi connectivity index (χ1) is 18.1. The van der Waals surface area contributed by atoms with Gasteiger partial charge < -0.3 is 20.7 Å². The van der Waals surface area contributed by atoms with Gasteiger partial charge in [-0.3, -0.25) is 4.79 Å². The monoisotopic (exact) mass is 496 g/mol. The molecule has 3 N–H and O–H groups in total. The molecule has 3 heterocycles. The van der Waals surface area contributed by atoms with Gasteiger partial charge in [-0.25, -0.2) is 10.3 Å². The third-order valence-corrected chi connectivity index (χ3v) is 6.80. The first-order valence-corrected chi connectivity index (χ1v) is 13.1. The Kier molecular flexibility index (Phi) is 7.70. The van der Waals surface area contributed by atoms with Gasteiger partial charge in [0, 0.05) is 11.9 Å². The Morgan fingerprint density at radius 1 is 1.05 bits per heavy atom. The molecule has 37 heavy (non-hydrogen) atoms. The molecule has 3 aromatic rings. The molecule has 2 aliphatic rings. The smallest absolute Gasteiger partial charge is 0.281 e. The molecule has 1 aromatic heterocycles. The number of anilines is 4. The fourth-order valence-electron chi connectivity index (χ4n) is 4.69. The molecule has 5 rings (SSSR count). The summed E-state index contributed by atoms with van der Waals surface area (Å²) in [5.41, 5.74) is 4.30. The third-order valence-electron chi connectivity index (χ3n) is 6.80. The topological polar surface area (TPSA) is 89.4 Å². The number of piperidine rings is 1. The molecule has 1 radical (unpaired) electrons. The molecule has 0 saturated carbocycles. The van der Waals surface area contributed by atoms with Crippen LogP contribution in [0.4, 0.5) is 23.0 Å². The quantitative estimate of drug-likeness (QED) is 0.327. The van der Waals surface area contributed by atoms with E-state index in [9.17, 15) is 4.79 Å². The van der Waals surface area contributed by atoms with Crippen LogP contribution in [0.2, 0.25) is 0 Å². The van der Waals surface area contributed by atoms with Gasteiger partial charge >= 0.3 is 0 Å². The zero-order valence-electron chi connectivity index (χ0n) is 21.5. The maximum Gasteiger partial charge on any atom is 0.281 e. The number of benzene rings is 2. The summed E-state index contributed by atoms with van der Waals surface area (Å²) in [7, 11) is 0. The van der Waals surface area contributed by atoms with Crippen LogP contribution in [0.1, 0.15) is 60.5 Å². The van der Waals surface area contributed by atoms with E-state index < -0.39 is 0 Å². The highest BCUT2D eigenvalue weighted by Gasteiger charge is 2.23. The standard InChI is InChI=1S/C30H34N5O2/c1-20(2)14-18-37-26-6-4-3-5-25(26)34-29-28-23(13-17-32-30(28)36)19-27(35-29)33-24-9-7-21(8-10-24)22-11-15-31-16-12-22/h3-10,13,17,19-20,22,31H,11-12,14-16,18H2,1-2H3,(H2,33,34,35). The lowest BCUT2D eigenvalue weighted by atomic mass is 9.90. The van der Waals surface area contributed by atoms with Crippen molar-refractivity contribution in [2.24, 2.45) is 5.92 Å². The fraction of sp³-hybridized carbons (Fsp3) is 0.333. The van der Waals surface area contributed by atoms with Gasteiger partial charge in [0.1, 0.15) is 17.4 Å². The minimum absolute atomic E-state index is 0.316. The van der Waals surface area contributed by atoms with Crippen molar-refractivity contribution in [1.82, 2.24) is 15.6 Å². The Bertz CT molecular complexity index is 1260. The van der Waals surface area contributed by atoms with Crippen molar-refractivity contribution < 1.29 is 9.53 Å². The minimum Gasteiger partial charge on any atom is -0.491 e. The van der Waals surface area contributed by atoms with Crippen LogP contribution in [0.3, 0.4) is 0 Å². The van der Waals surface area contributed by atoms with Crippen molar-refractivity contribution in [2.45, 2.75) is 39.0 Å². The zero-order chi connectivity index (χ0) is 25.6. The maximum absolute atomic E-state index is 12.7. The summed E-state index contributed by atoms with van der Waals surface area (Å²) in [4.78, 5) is 17.5. The van der Waals surface area contributed by atoms with Crippen molar-refractivity contribution in [3.63, 3.8) is 0 Å². The molecule has 2 aromatic carbocycles.